The Labute approximate surface area is 261 Å². The van der Waals surface area contributed by atoms with E-state index in [9.17, 15) is 0 Å². The Bertz CT molecular complexity index is 2050. The summed E-state index contributed by atoms with van der Waals surface area (Å²) >= 11 is 0. The number of hydrogen-bond acceptors (Lipinski definition) is 0. The van der Waals surface area contributed by atoms with Gasteiger partial charge in [0.25, 0.3) is 0 Å². The molecule has 0 heterocycles. The normalized spacial score (nSPS) is 13.1. The maximum Gasteiger partial charge on any atom is -0.00203 e. The second-order valence-corrected chi connectivity index (χ2v) is 12.3. The monoisotopic (exact) mass is 566 g/mol. The second kappa shape index (κ2) is 11.6. The first-order chi connectivity index (χ1) is 21.5. The van der Waals surface area contributed by atoms with Crippen molar-refractivity contribution in [1.82, 2.24) is 0 Å². The van der Waals surface area contributed by atoms with Crippen LogP contribution in [0.4, 0.5) is 0 Å². The van der Waals surface area contributed by atoms with Crippen molar-refractivity contribution in [2.24, 2.45) is 0 Å². The van der Waals surface area contributed by atoms with Crippen molar-refractivity contribution in [3.8, 4) is 22.3 Å². The molecule has 0 heteroatoms. The minimum absolute atomic E-state index is 1.20. The van der Waals surface area contributed by atoms with Gasteiger partial charge in [-0.3, -0.25) is 0 Å². The molecule has 1 aliphatic carbocycles. The molecule has 0 N–H and O–H groups in total. The number of rotatable bonds is 3. The van der Waals surface area contributed by atoms with E-state index >= 15 is 0 Å². The highest BCUT2D eigenvalue weighted by atomic mass is 14.2. The van der Waals surface area contributed by atoms with E-state index < -0.39 is 0 Å². The average molecular weight is 567 g/mol. The molecule has 1 aliphatic rings. The lowest BCUT2D eigenvalue weighted by Gasteiger charge is -2.16. The predicted octanol–water partition coefficient (Wildman–Crippen LogP) is 12.7. The van der Waals surface area contributed by atoms with Gasteiger partial charge in [-0.25, -0.2) is 0 Å². The summed E-state index contributed by atoms with van der Waals surface area (Å²) < 4.78 is 0. The molecule has 7 aromatic carbocycles. The minimum Gasteiger partial charge on any atom is -0.0836 e. The Morgan fingerprint density at radius 1 is 0.455 bits per heavy atom. The van der Waals surface area contributed by atoms with Gasteiger partial charge in [0, 0.05) is 0 Å². The molecule has 0 unspecified atom stereocenters. The van der Waals surface area contributed by atoms with E-state index in [0.717, 1.165) is 0 Å². The van der Waals surface area contributed by atoms with Crippen LogP contribution in [-0.2, 0) is 0 Å². The van der Waals surface area contributed by atoms with Gasteiger partial charge < -0.3 is 0 Å². The molecule has 0 saturated heterocycles. The van der Waals surface area contributed by atoms with Gasteiger partial charge in [0.05, 0.1) is 0 Å². The van der Waals surface area contributed by atoms with Crippen LogP contribution in [0.25, 0.3) is 60.1 Å². The number of hydrogen-bond donors (Lipinski definition) is 0. The average Bonchev–Trinajstić information content (AvgIpc) is 3.05. The van der Waals surface area contributed by atoms with E-state index in [1.165, 1.54) is 101 Å². The molecular weight excluding hydrogens is 528 g/mol. The second-order valence-electron chi connectivity index (χ2n) is 12.3. The standard InChI is InChI=1S/C30H22.C14H16/c1-19-3-7-21(8-4-19)25-15-11-23-14-18-28-26(22-9-5-20(2)6-10-22)16-12-24-13-17-27(25)29(23)30(24)28;1-11-7-3-5-9-13(11)14-10-6-4-8-12(14)2/h3-18H,1-2H3;3,5-7,9-10H,4,8H2,1-2H3. The van der Waals surface area contributed by atoms with Gasteiger partial charge in [0.15, 0.2) is 0 Å². The summed E-state index contributed by atoms with van der Waals surface area (Å²) in [4.78, 5) is 0. The zero-order chi connectivity index (χ0) is 30.2. The first-order valence-electron chi connectivity index (χ1n) is 15.7. The highest BCUT2D eigenvalue weighted by Gasteiger charge is 2.14. The summed E-state index contributed by atoms with van der Waals surface area (Å²) in [5, 5.41) is 8.01. The van der Waals surface area contributed by atoms with E-state index in [1.54, 1.807) is 0 Å². The Hall–Kier alpha value is -4.94. The molecule has 44 heavy (non-hydrogen) atoms. The van der Waals surface area contributed by atoms with Crippen LogP contribution in [0.2, 0.25) is 0 Å². The van der Waals surface area contributed by atoms with Crippen LogP contribution < -0.4 is 0 Å². The maximum absolute atomic E-state index is 2.30. The van der Waals surface area contributed by atoms with Crippen molar-refractivity contribution in [1.29, 1.82) is 0 Å². The molecule has 0 aromatic heterocycles. The Kier molecular flexibility index (Phi) is 7.36. The zero-order valence-electron chi connectivity index (χ0n) is 26.1. The summed E-state index contributed by atoms with van der Waals surface area (Å²) in [5.41, 5.74) is 13.4. The van der Waals surface area contributed by atoms with Crippen molar-refractivity contribution < 1.29 is 0 Å². The van der Waals surface area contributed by atoms with Crippen molar-refractivity contribution in [2.75, 3.05) is 0 Å². The summed E-state index contributed by atoms with van der Waals surface area (Å²) in [6, 6.07) is 44.6. The summed E-state index contributed by atoms with van der Waals surface area (Å²) in [7, 11) is 0. The van der Waals surface area contributed by atoms with Crippen molar-refractivity contribution >= 4 is 37.9 Å². The molecule has 0 aliphatic heterocycles. The number of benzene rings is 7. The minimum atomic E-state index is 1.20. The lowest BCUT2D eigenvalue weighted by atomic mass is 9.87. The molecule has 7 aromatic rings. The molecule has 0 bridgehead atoms. The first kappa shape index (κ1) is 27.9. The Balaban J connectivity index is 0.000000187. The van der Waals surface area contributed by atoms with E-state index in [2.05, 4.69) is 161 Å². The van der Waals surface area contributed by atoms with Crippen LogP contribution >= 0.6 is 0 Å². The molecule has 0 atom stereocenters. The number of aryl methyl sites for hydroxylation is 3. The van der Waals surface area contributed by atoms with E-state index in [0.29, 0.717) is 0 Å². The third-order valence-electron chi connectivity index (χ3n) is 9.26. The molecule has 8 rings (SSSR count). The summed E-state index contributed by atoms with van der Waals surface area (Å²) in [6.07, 6.45) is 6.94. The van der Waals surface area contributed by atoms with Crippen molar-refractivity contribution in [3.63, 3.8) is 0 Å². The Morgan fingerprint density at radius 3 is 1.45 bits per heavy atom. The molecule has 0 fully saturated rings. The van der Waals surface area contributed by atoms with Crippen LogP contribution in [0.3, 0.4) is 0 Å². The lowest BCUT2D eigenvalue weighted by Crippen LogP contribution is -1.93. The Morgan fingerprint density at radius 2 is 0.955 bits per heavy atom. The molecular formula is C44H38. The quantitative estimate of drug-likeness (QED) is 0.187. The van der Waals surface area contributed by atoms with Gasteiger partial charge in [0.2, 0.25) is 0 Å². The third kappa shape index (κ3) is 5.12. The van der Waals surface area contributed by atoms with Crippen molar-refractivity contribution in [3.05, 3.63) is 161 Å². The van der Waals surface area contributed by atoms with Crippen LogP contribution in [0.5, 0.6) is 0 Å². The van der Waals surface area contributed by atoms with E-state index in [4.69, 9.17) is 0 Å². The highest BCUT2D eigenvalue weighted by molar-refractivity contribution is 6.27. The van der Waals surface area contributed by atoms with Crippen LogP contribution in [0.15, 0.2) is 139 Å². The fraction of sp³-hybridized carbons (Fsp3) is 0.136. The molecule has 0 nitrogen and oxygen atoms in total. The zero-order valence-corrected chi connectivity index (χ0v) is 26.1. The third-order valence-corrected chi connectivity index (χ3v) is 9.26. The van der Waals surface area contributed by atoms with Gasteiger partial charge in [0.1, 0.15) is 0 Å². The highest BCUT2D eigenvalue weighted by Crippen LogP contribution is 2.42. The molecule has 0 amide bonds. The van der Waals surface area contributed by atoms with Gasteiger partial charge in [-0.1, -0.05) is 150 Å². The predicted molar refractivity (Wildman–Crippen MR) is 193 cm³/mol. The molecule has 0 saturated carbocycles. The van der Waals surface area contributed by atoms with Crippen LogP contribution in [0, 0.1) is 20.8 Å². The van der Waals surface area contributed by atoms with Gasteiger partial charge in [-0.05, 0) is 112 Å². The maximum atomic E-state index is 2.30. The molecule has 214 valence electrons. The SMILES string of the molecule is CC1=C(c2ccccc2C)C=CCC1.Cc1ccc(-c2ccc3ccc4c(-c5ccc(C)cc5)ccc5ccc2c3c54)cc1. The smallest absolute Gasteiger partial charge is 0.00203 e. The van der Waals surface area contributed by atoms with Crippen molar-refractivity contribution in [2.45, 2.75) is 40.5 Å². The van der Waals surface area contributed by atoms with E-state index in [-0.39, 0.29) is 0 Å². The summed E-state index contributed by atoms with van der Waals surface area (Å²) in [6.45, 7) is 8.70. The topological polar surface area (TPSA) is 0 Å². The van der Waals surface area contributed by atoms with E-state index in [1.807, 2.05) is 0 Å². The molecule has 0 radical (unpaired) electrons. The number of allylic oxidation sites excluding steroid dienone is 4. The van der Waals surface area contributed by atoms with Gasteiger partial charge in [-0.2, -0.15) is 0 Å². The fourth-order valence-corrected chi connectivity index (χ4v) is 6.74. The summed E-state index contributed by atoms with van der Waals surface area (Å²) in [5.74, 6) is 0. The lowest BCUT2D eigenvalue weighted by molar-refractivity contribution is 0.967. The van der Waals surface area contributed by atoms with Crippen LogP contribution in [0.1, 0.15) is 42.0 Å². The fourth-order valence-electron chi connectivity index (χ4n) is 6.74. The van der Waals surface area contributed by atoms with Gasteiger partial charge >= 0.3 is 0 Å². The molecule has 0 spiro atoms. The van der Waals surface area contributed by atoms with Gasteiger partial charge in [-0.15, -0.1) is 0 Å². The first-order valence-corrected chi connectivity index (χ1v) is 15.7. The van der Waals surface area contributed by atoms with Crippen LogP contribution in [-0.4, -0.2) is 0 Å². The largest absolute Gasteiger partial charge is 0.0836 e.